The normalized spacial score (nSPS) is 20.1. The van der Waals surface area contributed by atoms with Crippen LogP contribution in [0.3, 0.4) is 0 Å². The Hall–Kier alpha value is -1.59. The van der Waals surface area contributed by atoms with Gasteiger partial charge in [0, 0.05) is 31.9 Å². The molecule has 2 unspecified atom stereocenters. The summed E-state index contributed by atoms with van der Waals surface area (Å²) < 4.78 is 5.35. The van der Waals surface area contributed by atoms with Crippen molar-refractivity contribution >= 4 is 11.7 Å². The number of carbonyl (C=O) groups is 1. The number of hydrogen-bond acceptors (Lipinski definition) is 3. The summed E-state index contributed by atoms with van der Waals surface area (Å²) >= 11 is 0. The highest BCUT2D eigenvalue weighted by Crippen LogP contribution is 2.17. The minimum atomic E-state index is -0.0498. The van der Waals surface area contributed by atoms with Gasteiger partial charge < -0.3 is 20.3 Å². The van der Waals surface area contributed by atoms with Crippen LogP contribution in [0.15, 0.2) is 24.3 Å². The molecule has 5 heteroatoms. The third-order valence-electron chi connectivity index (χ3n) is 4.09. The van der Waals surface area contributed by atoms with Crippen molar-refractivity contribution in [3.63, 3.8) is 0 Å². The fourth-order valence-corrected chi connectivity index (χ4v) is 2.54. The van der Waals surface area contributed by atoms with E-state index in [1.165, 1.54) is 5.56 Å². The molecule has 1 saturated heterocycles. The van der Waals surface area contributed by atoms with Crippen LogP contribution in [0.25, 0.3) is 0 Å². The van der Waals surface area contributed by atoms with Crippen molar-refractivity contribution in [2.24, 2.45) is 0 Å². The van der Waals surface area contributed by atoms with Crippen molar-refractivity contribution in [2.75, 3.05) is 32.6 Å². The van der Waals surface area contributed by atoms with Gasteiger partial charge in [-0.1, -0.05) is 12.1 Å². The average molecular weight is 291 g/mol. The minimum absolute atomic E-state index is 0.0498. The molecule has 0 spiro atoms. The zero-order valence-electron chi connectivity index (χ0n) is 13.1. The number of nitrogens with one attached hydrogen (secondary N) is 2. The third kappa shape index (κ3) is 4.19. The first-order chi connectivity index (χ1) is 10.1. The van der Waals surface area contributed by atoms with Gasteiger partial charge in [-0.2, -0.15) is 0 Å². The number of anilines is 1. The van der Waals surface area contributed by atoms with Crippen LogP contribution in [0.2, 0.25) is 0 Å². The van der Waals surface area contributed by atoms with E-state index in [9.17, 15) is 4.79 Å². The van der Waals surface area contributed by atoms with Gasteiger partial charge in [-0.3, -0.25) is 0 Å². The SMILES string of the molecule is CNC(C)c1ccc(NC(=O)N2CCCC(OC)C2)cc1. The molecule has 1 aliphatic rings. The van der Waals surface area contributed by atoms with Gasteiger partial charge in [-0.15, -0.1) is 0 Å². The Labute approximate surface area is 126 Å². The van der Waals surface area contributed by atoms with E-state index in [0.29, 0.717) is 12.6 Å². The van der Waals surface area contributed by atoms with Crippen LogP contribution in [-0.4, -0.2) is 44.3 Å². The second kappa shape index (κ2) is 7.43. The molecule has 1 aliphatic heterocycles. The van der Waals surface area contributed by atoms with Crippen LogP contribution < -0.4 is 10.6 Å². The van der Waals surface area contributed by atoms with Gasteiger partial charge in [0.15, 0.2) is 0 Å². The van der Waals surface area contributed by atoms with Gasteiger partial charge >= 0.3 is 6.03 Å². The van der Waals surface area contributed by atoms with Gasteiger partial charge in [0.25, 0.3) is 0 Å². The predicted octanol–water partition coefficient (Wildman–Crippen LogP) is 2.61. The molecular formula is C16H25N3O2. The maximum Gasteiger partial charge on any atom is 0.321 e. The average Bonchev–Trinajstić information content (AvgIpc) is 2.54. The highest BCUT2D eigenvalue weighted by atomic mass is 16.5. The number of benzene rings is 1. The highest BCUT2D eigenvalue weighted by Gasteiger charge is 2.23. The van der Waals surface area contributed by atoms with E-state index in [0.717, 1.165) is 25.1 Å². The fraction of sp³-hybridized carbons (Fsp3) is 0.562. The van der Waals surface area contributed by atoms with E-state index in [1.807, 2.05) is 36.2 Å². The van der Waals surface area contributed by atoms with Crippen molar-refractivity contribution in [1.29, 1.82) is 0 Å². The molecule has 0 bridgehead atoms. The number of ether oxygens (including phenoxy) is 1. The molecular weight excluding hydrogens is 266 g/mol. The number of rotatable bonds is 4. The summed E-state index contributed by atoms with van der Waals surface area (Å²) in [6.45, 7) is 3.56. The molecule has 0 radical (unpaired) electrons. The first kappa shape index (κ1) is 15.8. The maximum absolute atomic E-state index is 12.3. The zero-order valence-corrected chi connectivity index (χ0v) is 13.1. The van der Waals surface area contributed by atoms with E-state index < -0.39 is 0 Å². The number of nitrogens with zero attached hydrogens (tertiary/aromatic N) is 1. The first-order valence-corrected chi connectivity index (χ1v) is 7.50. The molecule has 5 nitrogen and oxygen atoms in total. The molecule has 116 valence electrons. The summed E-state index contributed by atoms with van der Waals surface area (Å²) in [6.07, 6.45) is 2.17. The van der Waals surface area contributed by atoms with Gasteiger partial charge in [0.2, 0.25) is 0 Å². The summed E-state index contributed by atoms with van der Waals surface area (Å²) in [4.78, 5) is 14.1. The Kier molecular flexibility index (Phi) is 5.59. The molecule has 2 N–H and O–H groups in total. The van der Waals surface area contributed by atoms with E-state index >= 15 is 0 Å². The van der Waals surface area contributed by atoms with Gasteiger partial charge in [0.05, 0.1) is 6.10 Å². The predicted molar refractivity (Wildman–Crippen MR) is 84.5 cm³/mol. The van der Waals surface area contributed by atoms with Gasteiger partial charge in [0.1, 0.15) is 0 Å². The Balaban J connectivity index is 1.93. The van der Waals surface area contributed by atoms with E-state index in [2.05, 4.69) is 17.6 Å². The molecule has 1 fully saturated rings. The molecule has 2 amide bonds. The topological polar surface area (TPSA) is 53.6 Å². The number of methoxy groups -OCH3 is 1. The first-order valence-electron chi connectivity index (χ1n) is 7.50. The van der Waals surface area contributed by atoms with Gasteiger partial charge in [-0.25, -0.2) is 4.79 Å². The lowest BCUT2D eigenvalue weighted by molar-refractivity contribution is 0.0458. The molecule has 1 aromatic rings. The molecule has 2 atom stereocenters. The van der Waals surface area contributed by atoms with Crippen molar-refractivity contribution in [3.05, 3.63) is 29.8 Å². The molecule has 21 heavy (non-hydrogen) atoms. The molecule has 1 aromatic carbocycles. The van der Waals surface area contributed by atoms with Gasteiger partial charge in [-0.05, 0) is 44.5 Å². The number of hydrogen-bond donors (Lipinski definition) is 2. The number of carbonyl (C=O) groups excluding carboxylic acids is 1. The molecule has 2 rings (SSSR count). The summed E-state index contributed by atoms with van der Waals surface area (Å²) in [5, 5.41) is 6.15. The Bertz CT molecular complexity index is 461. The van der Waals surface area contributed by atoms with E-state index in [-0.39, 0.29) is 12.1 Å². The largest absolute Gasteiger partial charge is 0.380 e. The Morgan fingerprint density at radius 3 is 2.71 bits per heavy atom. The third-order valence-corrected chi connectivity index (χ3v) is 4.09. The lowest BCUT2D eigenvalue weighted by Gasteiger charge is -2.31. The van der Waals surface area contributed by atoms with Crippen molar-refractivity contribution in [2.45, 2.75) is 31.9 Å². The summed E-state index contributed by atoms with van der Waals surface area (Å²) in [7, 11) is 3.64. The highest BCUT2D eigenvalue weighted by molar-refractivity contribution is 5.89. The molecule has 0 saturated carbocycles. The van der Waals surface area contributed by atoms with E-state index in [1.54, 1.807) is 7.11 Å². The second-order valence-corrected chi connectivity index (χ2v) is 5.51. The smallest absolute Gasteiger partial charge is 0.321 e. The number of urea groups is 1. The fourth-order valence-electron chi connectivity index (χ4n) is 2.54. The maximum atomic E-state index is 12.3. The van der Waals surface area contributed by atoms with Crippen LogP contribution in [0.1, 0.15) is 31.4 Å². The minimum Gasteiger partial charge on any atom is -0.380 e. The van der Waals surface area contributed by atoms with Crippen LogP contribution in [0.4, 0.5) is 10.5 Å². The van der Waals surface area contributed by atoms with Crippen molar-refractivity contribution in [3.8, 4) is 0 Å². The summed E-state index contributed by atoms with van der Waals surface area (Å²) in [6, 6.07) is 8.21. The quantitative estimate of drug-likeness (QED) is 0.896. The number of piperidine rings is 1. The van der Waals surface area contributed by atoms with Crippen LogP contribution in [0, 0.1) is 0 Å². The Morgan fingerprint density at radius 1 is 1.38 bits per heavy atom. The van der Waals surface area contributed by atoms with Crippen LogP contribution >= 0.6 is 0 Å². The lowest BCUT2D eigenvalue weighted by Crippen LogP contribution is -2.44. The number of amides is 2. The molecule has 0 aromatic heterocycles. The van der Waals surface area contributed by atoms with Crippen molar-refractivity contribution < 1.29 is 9.53 Å². The van der Waals surface area contributed by atoms with Crippen LogP contribution in [0.5, 0.6) is 0 Å². The van der Waals surface area contributed by atoms with E-state index in [4.69, 9.17) is 4.74 Å². The Morgan fingerprint density at radius 2 is 2.10 bits per heavy atom. The van der Waals surface area contributed by atoms with Crippen LogP contribution in [-0.2, 0) is 4.74 Å². The second-order valence-electron chi connectivity index (χ2n) is 5.51. The standard InChI is InChI=1S/C16H25N3O2/c1-12(17-2)13-6-8-14(9-7-13)18-16(20)19-10-4-5-15(11-19)21-3/h6-9,12,15,17H,4-5,10-11H2,1-3H3,(H,18,20). The van der Waals surface area contributed by atoms with Crippen molar-refractivity contribution in [1.82, 2.24) is 10.2 Å². The zero-order chi connectivity index (χ0) is 15.2. The summed E-state index contributed by atoms with van der Waals surface area (Å²) in [5.41, 5.74) is 2.03. The summed E-state index contributed by atoms with van der Waals surface area (Å²) in [5.74, 6) is 0. The number of likely N-dealkylation sites (tertiary alicyclic amines) is 1. The molecule has 1 heterocycles. The lowest BCUT2D eigenvalue weighted by atomic mass is 10.1. The monoisotopic (exact) mass is 291 g/mol. The molecule has 0 aliphatic carbocycles.